The summed E-state index contributed by atoms with van der Waals surface area (Å²) in [5.41, 5.74) is 5.61. The Balaban J connectivity index is 1.77. The van der Waals surface area contributed by atoms with Gasteiger partial charge in [-0.15, -0.1) is 0 Å². The van der Waals surface area contributed by atoms with Crippen molar-refractivity contribution in [2.45, 2.75) is 84.4 Å². The van der Waals surface area contributed by atoms with Crippen LogP contribution < -0.4 is 9.47 Å². The van der Waals surface area contributed by atoms with E-state index in [2.05, 4.69) is 32.6 Å². The van der Waals surface area contributed by atoms with Crippen LogP contribution in [0.4, 0.5) is 5.69 Å². The molecule has 0 amide bonds. The number of hydrogen-bond donors (Lipinski definition) is 0. The second-order valence-electron chi connectivity index (χ2n) is 11.5. The molecule has 0 atom stereocenters. The number of nitrogens with zero attached hydrogens (tertiary/aromatic N) is 3. The summed E-state index contributed by atoms with van der Waals surface area (Å²) in [6, 6.07) is 6.87. The van der Waals surface area contributed by atoms with Gasteiger partial charge in [-0.05, 0) is 72.5 Å². The van der Waals surface area contributed by atoms with Gasteiger partial charge in [0.15, 0.2) is 11.5 Å². The molecule has 5 rings (SSSR count). The molecule has 7 nitrogen and oxygen atoms in total. The maximum absolute atomic E-state index is 11.6. The first-order chi connectivity index (χ1) is 17.1. The zero-order valence-electron chi connectivity index (χ0n) is 22.1. The number of ether oxygens (including phenoxy) is 2. The minimum atomic E-state index is -0.369. The Morgan fingerprint density at radius 2 is 1.86 bits per heavy atom. The highest BCUT2D eigenvalue weighted by atomic mass is 16.6. The van der Waals surface area contributed by atoms with Crippen molar-refractivity contribution in [1.29, 1.82) is 0 Å². The molecule has 2 aromatic rings. The minimum Gasteiger partial charge on any atom is -0.490 e. The summed E-state index contributed by atoms with van der Waals surface area (Å²) in [4.78, 5) is 19.0. The van der Waals surface area contributed by atoms with E-state index in [4.69, 9.17) is 14.5 Å². The Labute approximate surface area is 213 Å². The summed E-state index contributed by atoms with van der Waals surface area (Å²) in [6.45, 7) is 14.1. The number of benzene rings is 2. The zero-order valence-corrected chi connectivity index (χ0v) is 22.1. The highest BCUT2D eigenvalue weighted by Crippen LogP contribution is 2.51. The van der Waals surface area contributed by atoms with E-state index < -0.39 is 0 Å². The van der Waals surface area contributed by atoms with Gasteiger partial charge in [-0.1, -0.05) is 18.6 Å². The van der Waals surface area contributed by atoms with E-state index >= 15 is 0 Å². The molecular formula is C29H37N3O4. The predicted octanol–water partition coefficient (Wildman–Crippen LogP) is 5.87. The lowest BCUT2D eigenvalue weighted by Crippen LogP contribution is -2.34. The summed E-state index contributed by atoms with van der Waals surface area (Å²) in [7, 11) is 0. The van der Waals surface area contributed by atoms with Crippen molar-refractivity contribution < 1.29 is 14.4 Å². The molecule has 3 heterocycles. The molecule has 0 N–H and O–H groups in total. The number of non-ortho nitro benzene ring substituents is 1. The maximum Gasteiger partial charge on any atom is 0.270 e. The molecule has 0 spiro atoms. The highest BCUT2D eigenvalue weighted by molar-refractivity contribution is 6.16. The van der Waals surface area contributed by atoms with Gasteiger partial charge in [0.1, 0.15) is 5.60 Å². The molecule has 1 fully saturated rings. The third-order valence-corrected chi connectivity index (χ3v) is 7.41. The van der Waals surface area contributed by atoms with Crippen molar-refractivity contribution in [1.82, 2.24) is 4.90 Å². The fraction of sp³-hybridized carbons (Fsp3) is 0.552. The lowest BCUT2D eigenvalue weighted by molar-refractivity contribution is -0.384. The Kier molecular flexibility index (Phi) is 6.31. The third-order valence-electron chi connectivity index (χ3n) is 7.41. The van der Waals surface area contributed by atoms with Crippen molar-refractivity contribution in [3.63, 3.8) is 0 Å². The molecular weight excluding hydrogens is 454 g/mol. The van der Waals surface area contributed by atoms with Gasteiger partial charge in [-0.3, -0.25) is 20.0 Å². The van der Waals surface area contributed by atoms with E-state index in [1.54, 1.807) is 12.1 Å². The first kappa shape index (κ1) is 24.8. The van der Waals surface area contributed by atoms with Crippen molar-refractivity contribution in [3.05, 3.63) is 62.2 Å². The van der Waals surface area contributed by atoms with Gasteiger partial charge in [-0.2, -0.15) is 0 Å². The molecule has 0 radical (unpaired) electrons. The van der Waals surface area contributed by atoms with Gasteiger partial charge in [0.25, 0.3) is 5.69 Å². The Bertz CT molecular complexity index is 1230. The quantitative estimate of drug-likeness (QED) is 0.373. The standard InChI is InChI=1S/C29H37N3O4/c1-6-35-26-23(18-31-13-8-7-9-14-31)21-16-28(2,3)30-25(19-11-10-12-20(15-19)32(33)34)24(21)22-17-29(4,5)36-27(22)26/h10-12,15H,6-9,13-14,16-18H2,1-5H3. The number of hydrogen-bond acceptors (Lipinski definition) is 6. The topological polar surface area (TPSA) is 77.2 Å². The number of piperidine rings is 1. The Morgan fingerprint density at radius 1 is 1.11 bits per heavy atom. The van der Waals surface area contributed by atoms with Crippen LogP contribution in [0.5, 0.6) is 11.5 Å². The Hall–Kier alpha value is -2.93. The van der Waals surface area contributed by atoms with Crippen LogP contribution in [-0.2, 0) is 19.4 Å². The normalized spacial score (nSPS) is 20.2. The van der Waals surface area contributed by atoms with Crippen LogP contribution >= 0.6 is 0 Å². The van der Waals surface area contributed by atoms with Crippen LogP contribution in [0.3, 0.4) is 0 Å². The molecule has 192 valence electrons. The van der Waals surface area contributed by atoms with Gasteiger partial charge in [0.2, 0.25) is 0 Å². The van der Waals surface area contributed by atoms with Gasteiger partial charge >= 0.3 is 0 Å². The molecule has 0 aromatic heterocycles. The zero-order chi connectivity index (χ0) is 25.7. The second kappa shape index (κ2) is 9.18. The number of aliphatic imine (C=N–C) groups is 1. The molecule has 0 aliphatic carbocycles. The van der Waals surface area contributed by atoms with E-state index in [9.17, 15) is 10.1 Å². The fourth-order valence-corrected chi connectivity index (χ4v) is 5.97. The van der Waals surface area contributed by atoms with Gasteiger partial charge in [0, 0.05) is 47.4 Å². The number of likely N-dealkylation sites (tertiary alicyclic amines) is 1. The molecule has 3 aliphatic heterocycles. The molecule has 0 unspecified atom stereocenters. The molecule has 7 heteroatoms. The fourth-order valence-electron chi connectivity index (χ4n) is 5.97. The van der Waals surface area contributed by atoms with Crippen LogP contribution in [0.25, 0.3) is 0 Å². The number of nitro groups is 1. The van der Waals surface area contributed by atoms with E-state index in [-0.39, 0.29) is 21.8 Å². The summed E-state index contributed by atoms with van der Waals surface area (Å²) < 4.78 is 12.9. The van der Waals surface area contributed by atoms with Crippen molar-refractivity contribution >= 4 is 11.4 Å². The highest BCUT2D eigenvalue weighted by Gasteiger charge is 2.42. The minimum absolute atomic E-state index is 0.0767. The molecule has 2 aromatic carbocycles. The van der Waals surface area contributed by atoms with Crippen molar-refractivity contribution in [2.24, 2.45) is 4.99 Å². The first-order valence-electron chi connectivity index (χ1n) is 13.2. The average Bonchev–Trinajstić information content (AvgIpc) is 3.15. The van der Waals surface area contributed by atoms with Crippen LogP contribution in [0.2, 0.25) is 0 Å². The first-order valence-corrected chi connectivity index (χ1v) is 13.2. The largest absolute Gasteiger partial charge is 0.490 e. The smallest absolute Gasteiger partial charge is 0.270 e. The van der Waals surface area contributed by atoms with Crippen molar-refractivity contribution in [2.75, 3.05) is 19.7 Å². The summed E-state index contributed by atoms with van der Waals surface area (Å²) in [5.74, 6) is 1.70. The van der Waals surface area contributed by atoms with E-state index in [1.807, 2.05) is 13.0 Å². The Morgan fingerprint density at radius 3 is 2.56 bits per heavy atom. The maximum atomic E-state index is 11.6. The average molecular weight is 492 g/mol. The number of rotatable bonds is 6. The van der Waals surface area contributed by atoms with Crippen LogP contribution in [-0.4, -0.2) is 46.4 Å². The molecule has 36 heavy (non-hydrogen) atoms. The lowest BCUT2D eigenvalue weighted by Gasteiger charge is -2.35. The number of nitro benzene ring substituents is 1. The SMILES string of the molecule is CCOc1c(CN2CCCCC2)c2c(c3c1OC(C)(C)C3)C(c1cccc([N+](=O)[O-])c1)=NC(C)(C)C2. The van der Waals surface area contributed by atoms with E-state index in [1.165, 1.54) is 36.5 Å². The third kappa shape index (κ3) is 4.61. The van der Waals surface area contributed by atoms with Gasteiger partial charge < -0.3 is 9.47 Å². The second-order valence-corrected chi connectivity index (χ2v) is 11.5. The lowest BCUT2D eigenvalue weighted by atomic mass is 9.78. The van der Waals surface area contributed by atoms with Crippen LogP contribution in [0, 0.1) is 10.1 Å². The van der Waals surface area contributed by atoms with E-state index in [0.717, 1.165) is 66.4 Å². The summed E-state index contributed by atoms with van der Waals surface area (Å²) in [5, 5.41) is 11.6. The molecule has 3 aliphatic rings. The van der Waals surface area contributed by atoms with Crippen LogP contribution in [0.1, 0.15) is 81.7 Å². The molecule has 1 saturated heterocycles. The summed E-state index contributed by atoms with van der Waals surface area (Å²) in [6.07, 6.45) is 5.24. The predicted molar refractivity (Wildman–Crippen MR) is 142 cm³/mol. The monoisotopic (exact) mass is 491 g/mol. The molecule has 0 bridgehead atoms. The molecule has 0 saturated carbocycles. The summed E-state index contributed by atoms with van der Waals surface area (Å²) >= 11 is 0. The number of fused-ring (bicyclic) bond motifs is 3. The van der Waals surface area contributed by atoms with Gasteiger partial charge in [-0.25, -0.2) is 0 Å². The van der Waals surface area contributed by atoms with Crippen LogP contribution in [0.15, 0.2) is 29.3 Å². The van der Waals surface area contributed by atoms with Gasteiger partial charge in [0.05, 0.1) is 22.8 Å². The van der Waals surface area contributed by atoms with Crippen molar-refractivity contribution in [3.8, 4) is 11.5 Å². The van der Waals surface area contributed by atoms with E-state index in [0.29, 0.717) is 6.61 Å².